The van der Waals surface area contributed by atoms with Crippen LogP contribution in [-0.4, -0.2) is 54.0 Å². The van der Waals surface area contributed by atoms with Gasteiger partial charge in [-0.3, -0.25) is 14.4 Å². The first-order valence-electron chi connectivity index (χ1n) is 33.8. The molecule has 0 N–H and O–H groups in total. The molecule has 15 aliphatic carbocycles. The van der Waals surface area contributed by atoms with Crippen molar-refractivity contribution in [2.45, 2.75) is 193 Å². The van der Waals surface area contributed by atoms with Crippen molar-refractivity contribution in [2.75, 3.05) is 19.8 Å². The van der Waals surface area contributed by atoms with Crippen LogP contribution in [0.1, 0.15) is 176 Å². The number of hydrogen-bond donors (Lipinski definition) is 0. The number of ketones is 3. The van der Waals surface area contributed by atoms with Crippen LogP contribution in [0.4, 0.5) is 0 Å². The van der Waals surface area contributed by atoms with Gasteiger partial charge in [0.05, 0.1) is 36.6 Å². The number of carbonyl (C=O) groups excluding carboxylic acids is 3. The maximum atomic E-state index is 12.1. The van der Waals surface area contributed by atoms with Crippen LogP contribution in [0.15, 0.2) is 83.6 Å². The monoisotopic (exact) mass is 1070 g/mol. The van der Waals surface area contributed by atoms with Gasteiger partial charge in [0.25, 0.3) is 0 Å². The van der Waals surface area contributed by atoms with E-state index in [9.17, 15) is 14.4 Å². The van der Waals surface area contributed by atoms with Gasteiger partial charge in [-0.1, -0.05) is 107 Å². The fourth-order valence-electron chi connectivity index (χ4n) is 26.7. The summed E-state index contributed by atoms with van der Waals surface area (Å²) in [5, 5.41) is 0. The molecule has 6 nitrogen and oxygen atoms in total. The summed E-state index contributed by atoms with van der Waals surface area (Å²) >= 11 is 0. The number of fused-ring (bicyclic) bond motifs is 27. The molecule has 0 aromatic carbocycles. The first-order chi connectivity index (χ1) is 38.5. The van der Waals surface area contributed by atoms with Gasteiger partial charge in [0.1, 0.15) is 0 Å². The van der Waals surface area contributed by atoms with E-state index in [0.29, 0.717) is 57.3 Å². The number of ether oxygens (including phenoxy) is 3. The van der Waals surface area contributed by atoms with Crippen molar-refractivity contribution >= 4 is 17.3 Å². The van der Waals surface area contributed by atoms with Crippen molar-refractivity contribution in [1.82, 2.24) is 0 Å². The Morgan fingerprint density at radius 1 is 0.468 bits per heavy atom. The van der Waals surface area contributed by atoms with Gasteiger partial charge < -0.3 is 14.2 Å². The van der Waals surface area contributed by atoms with Crippen LogP contribution < -0.4 is 0 Å². The van der Waals surface area contributed by atoms with Crippen LogP contribution in [-0.2, 0) is 28.6 Å². The molecule has 18 rings (SSSR count). The van der Waals surface area contributed by atoms with E-state index in [1.165, 1.54) is 119 Å². The molecule has 3 heterocycles. The van der Waals surface area contributed by atoms with E-state index in [1.807, 2.05) is 6.08 Å². The van der Waals surface area contributed by atoms with Gasteiger partial charge in [-0.05, 0) is 251 Å². The summed E-state index contributed by atoms with van der Waals surface area (Å²) in [5.41, 5.74) is 5.69. The van der Waals surface area contributed by atoms with E-state index in [2.05, 4.69) is 95.4 Å². The van der Waals surface area contributed by atoms with E-state index >= 15 is 0 Å². The van der Waals surface area contributed by atoms with Gasteiger partial charge in [0.2, 0.25) is 0 Å². The molecule has 0 saturated heterocycles. The molecule has 18 aliphatic rings. The first kappa shape index (κ1) is 51.7. The van der Waals surface area contributed by atoms with Crippen LogP contribution >= 0.6 is 0 Å². The Balaban J connectivity index is 0.0000000988. The molecular weight excluding hydrogens is 973 g/mol. The standard InChI is InChI=1S/2C25H34O2.C23H28O2/c2*1-3-15-12-16-13-17(26)6-7-18(16)19-8-10-24(4-2)23(22(15)19)20-14-21(20)25(24)9-5-11-27-25;1-2-22-10-8-17-16-7-5-15(24)12-14(16)4-6-18(17)21(22)19-13-20(19)23(22)9-3-11-25-23/h2*5,9,13,15,18-23H,3-4,6-8,10-12,14H2,1-2H3;3-4,6,9,12,16-21H,2,5,7-8,10-11,13H2,1H3/t15?,18-,19?,20+,21-,22?,23?,24-,25-;15-,18-,19?,20+,21-,22?,23?,24-,25-;16-,17?,18?,19+,20-,21?,22-,23-/m000/s1. The highest BCUT2D eigenvalue weighted by molar-refractivity contribution is 5.92. The highest BCUT2D eigenvalue weighted by Crippen LogP contribution is 2.82. The van der Waals surface area contributed by atoms with E-state index < -0.39 is 0 Å². The molecule has 3 spiro atoms. The Morgan fingerprint density at radius 3 is 1.29 bits per heavy atom. The average Bonchev–Trinajstić information content (AvgIpc) is 2.32. The molecule has 6 heteroatoms. The molecule has 0 aromatic heterocycles. The Kier molecular flexibility index (Phi) is 12.0. The second-order valence-corrected chi connectivity index (χ2v) is 30.5. The third kappa shape index (κ3) is 6.73. The Labute approximate surface area is 474 Å². The fourth-order valence-corrected chi connectivity index (χ4v) is 26.7. The summed E-state index contributed by atoms with van der Waals surface area (Å²) in [4.78, 5) is 36.0. The zero-order valence-electron chi connectivity index (χ0n) is 49.0. The molecule has 11 fully saturated rings. The Morgan fingerprint density at radius 2 is 0.873 bits per heavy atom. The number of allylic oxidation sites excluding steroid dienone is 6. The van der Waals surface area contributed by atoms with Gasteiger partial charge in [-0.25, -0.2) is 0 Å². The molecule has 424 valence electrons. The molecular formula is C73H96O6. The summed E-state index contributed by atoms with van der Waals surface area (Å²) in [6.45, 7) is 14.6. The Hall–Kier alpha value is -2.93. The van der Waals surface area contributed by atoms with Crippen LogP contribution in [0.3, 0.4) is 0 Å². The third-order valence-corrected chi connectivity index (χ3v) is 29.2. The lowest BCUT2D eigenvalue weighted by molar-refractivity contribution is -0.152. The topological polar surface area (TPSA) is 78.9 Å². The van der Waals surface area contributed by atoms with Gasteiger partial charge in [0.15, 0.2) is 17.3 Å². The molecule has 11 saturated carbocycles. The number of hydrogen-bond acceptors (Lipinski definition) is 6. The smallest absolute Gasteiger partial charge is 0.155 e. The molecule has 79 heavy (non-hydrogen) atoms. The molecule has 3 aliphatic heterocycles. The second-order valence-electron chi connectivity index (χ2n) is 30.5. The minimum absolute atomic E-state index is 0.0501. The highest BCUT2D eigenvalue weighted by Gasteiger charge is 2.80. The predicted molar refractivity (Wildman–Crippen MR) is 309 cm³/mol. The first-order valence-corrected chi connectivity index (χ1v) is 33.8. The van der Waals surface area contributed by atoms with Gasteiger partial charge in [-0.2, -0.15) is 0 Å². The second kappa shape index (κ2) is 18.3. The summed E-state index contributed by atoms with van der Waals surface area (Å²) in [6.07, 6.45) is 52.0. The summed E-state index contributed by atoms with van der Waals surface area (Å²) in [5.74, 6) is 17.1. The lowest BCUT2D eigenvalue weighted by atomic mass is 9.45. The summed E-state index contributed by atoms with van der Waals surface area (Å²) in [7, 11) is 0. The largest absolute Gasteiger partial charge is 0.366 e. The predicted octanol–water partition coefficient (Wildman–Crippen LogP) is 15.1. The zero-order chi connectivity index (χ0) is 53.6. The quantitative estimate of drug-likeness (QED) is 0.255. The van der Waals surface area contributed by atoms with Crippen molar-refractivity contribution < 1.29 is 28.6 Å². The maximum Gasteiger partial charge on any atom is 0.155 e. The third-order valence-electron chi connectivity index (χ3n) is 29.2. The van der Waals surface area contributed by atoms with E-state index in [-0.39, 0.29) is 16.8 Å². The lowest BCUT2D eigenvalue weighted by Gasteiger charge is -2.60. The van der Waals surface area contributed by atoms with Gasteiger partial charge >= 0.3 is 0 Å². The van der Waals surface area contributed by atoms with E-state index in [4.69, 9.17) is 14.2 Å². The molecule has 0 amide bonds. The van der Waals surface area contributed by atoms with E-state index in [0.717, 1.165) is 153 Å². The van der Waals surface area contributed by atoms with Gasteiger partial charge in [0, 0.05) is 35.5 Å². The maximum absolute atomic E-state index is 12.1. The van der Waals surface area contributed by atoms with Gasteiger partial charge in [-0.15, -0.1) is 0 Å². The summed E-state index contributed by atoms with van der Waals surface area (Å²) in [6, 6.07) is 0. The van der Waals surface area contributed by atoms with Crippen LogP contribution in [0, 0.1) is 135 Å². The minimum Gasteiger partial charge on any atom is -0.366 e. The van der Waals surface area contributed by atoms with Crippen molar-refractivity contribution in [3.05, 3.63) is 83.6 Å². The van der Waals surface area contributed by atoms with Crippen LogP contribution in [0.25, 0.3) is 0 Å². The normalized spacial score (nSPS) is 54.9. The molecule has 0 radical (unpaired) electrons. The Bertz CT molecular complexity index is 2670. The molecule has 26 atom stereocenters. The SMILES string of the molecule is CCC1CC2=CC(=O)CC[C@@H]2C2CC[C@@]3(CC)C(C12)[C@@H]1C[C@@H]1[C@@]31C=CCO1.CC[C@H]1CC2=CC(=O)CC[C@@H]2C2CC[C@@]3(CC)C(C21)[C@@H]1C[C@@H]1[C@@]31C=CCO1.CC[C@]12CCC3C(C=CC4=CC(=O)CC[C@@H]43)C1[C@@H]1C[C@@H]1[C@@]21C=CCO1. The van der Waals surface area contributed by atoms with E-state index in [1.54, 1.807) is 0 Å². The molecule has 10 unspecified atom stereocenters. The lowest BCUT2D eigenvalue weighted by Crippen LogP contribution is -2.57. The van der Waals surface area contributed by atoms with Crippen molar-refractivity contribution in [3.8, 4) is 0 Å². The van der Waals surface area contributed by atoms with Crippen molar-refractivity contribution in [3.63, 3.8) is 0 Å². The molecule has 0 bridgehead atoms. The number of rotatable bonds is 5. The fraction of sp³-hybridized carbons (Fsp3) is 0.767. The van der Waals surface area contributed by atoms with Crippen molar-refractivity contribution in [1.29, 1.82) is 0 Å². The number of carbonyl (C=O) groups is 3. The average molecular weight is 1070 g/mol. The minimum atomic E-state index is 0.0501. The highest BCUT2D eigenvalue weighted by atomic mass is 16.5. The van der Waals surface area contributed by atoms with Crippen molar-refractivity contribution in [2.24, 2.45) is 135 Å². The van der Waals surface area contributed by atoms with Crippen LogP contribution in [0.5, 0.6) is 0 Å². The van der Waals surface area contributed by atoms with Crippen LogP contribution in [0.2, 0.25) is 0 Å². The molecule has 0 aromatic rings. The zero-order valence-corrected chi connectivity index (χ0v) is 49.0. The summed E-state index contributed by atoms with van der Waals surface area (Å²) < 4.78 is 19.8.